The minimum atomic E-state index is 0.386. The van der Waals surface area contributed by atoms with E-state index in [1.807, 2.05) is 0 Å². The second-order valence-corrected chi connectivity index (χ2v) is 7.75. The molecule has 1 heterocycles. The van der Waals surface area contributed by atoms with Gasteiger partial charge in [0.25, 0.3) is 0 Å². The van der Waals surface area contributed by atoms with Crippen LogP contribution < -0.4 is 14.8 Å². The molecule has 1 aromatic carbocycles. The van der Waals surface area contributed by atoms with Crippen LogP contribution in [-0.2, 0) is 0 Å². The molecular weight excluding hydrogens is 311 g/mol. The summed E-state index contributed by atoms with van der Waals surface area (Å²) in [5.41, 5.74) is 2.66. The summed E-state index contributed by atoms with van der Waals surface area (Å²) in [6.07, 6.45) is 0. The van der Waals surface area contributed by atoms with Crippen LogP contribution in [0.15, 0.2) is 42.5 Å². The second-order valence-electron chi connectivity index (χ2n) is 5.48. The molecule has 0 aromatic heterocycles. The van der Waals surface area contributed by atoms with E-state index in [0.29, 0.717) is 14.5 Å². The standard InChI is InChI=1S/C17H19N2Se/c1-18(2)14-7-5-12-9-13-6-8-15(19(3)4)11-17(13)20-16(12)10-14/h5-11H,1-4H3/q+1. The molecule has 2 aliphatic rings. The molecular formula is C17H19N2Se+. The van der Waals surface area contributed by atoms with Crippen LogP contribution in [0.4, 0.5) is 5.69 Å². The van der Waals surface area contributed by atoms with Gasteiger partial charge in [0.15, 0.2) is 0 Å². The monoisotopic (exact) mass is 331 g/mol. The Morgan fingerprint density at radius 3 is 2.45 bits per heavy atom. The summed E-state index contributed by atoms with van der Waals surface area (Å²) in [7, 11) is 8.39. The number of fused-ring (bicyclic) bond motifs is 2. The van der Waals surface area contributed by atoms with Crippen LogP contribution in [0.1, 0.15) is 0 Å². The molecule has 3 heteroatoms. The number of anilines is 1. The van der Waals surface area contributed by atoms with E-state index in [2.05, 4.69) is 80.1 Å². The van der Waals surface area contributed by atoms with Crippen LogP contribution in [0.5, 0.6) is 0 Å². The molecule has 2 nitrogen and oxygen atoms in total. The predicted molar refractivity (Wildman–Crippen MR) is 89.0 cm³/mol. The summed E-state index contributed by atoms with van der Waals surface area (Å²) in [6.45, 7) is 0. The summed E-state index contributed by atoms with van der Waals surface area (Å²) in [5, 5.41) is 2.66. The van der Waals surface area contributed by atoms with Crippen molar-refractivity contribution in [2.75, 3.05) is 33.1 Å². The van der Waals surface area contributed by atoms with Gasteiger partial charge in [0.1, 0.15) is 0 Å². The van der Waals surface area contributed by atoms with Gasteiger partial charge in [0.2, 0.25) is 0 Å². The quantitative estimate of drug-likeness (QED) is 0.376. The van der Waals surface area contributed by atoms with Crippen LogP contribution in [-0.4, -0.2) is 42.7 Å². The summed E-state index contributed by atoms with van der Waals surface area (Å²) in [6, 6.07) is 15.9. The van der Waals surface area contributed by atoms with E-state index in [9.17, 15) is 0 Å². The molecule has 20 heavy (non-hydrogen) atoms. The summed E-state index contributed by atoms with van der Waals surface area (Å²) >= 11 is 0.386. The first-order chi connectivity index (χ1) is 9.54. The van der Waals surface area contributed by atoms with Crippen LogP contribution in [0.25, 0.3) is 19.6 Å². The third-order valence-corrected chi connectivity index (χ3v) is 5.96. The zero-order valence-electron chi connectivity index (χ0n) is 12.3. The van der Waals surface area contributed by atoms with Crippen molar-refractivity contribution in [2.45, 2.75) is 0 Å². The molecule has 102 valence electrons. The van der Waals surface area contributed by atoms with Gasteiger partial charge in [-0.25, -0.2) is 0 Å². The van der Waals surface area contributed by atoms with E-state index in [4.69, 9.17) is 0 Å². The molecule has 0 saturated carbocycles. The normalized spacial score (nSPS) is 11.0. The van der Waals surface area contributed by atoms with Crippen LogP contribution in [0.2, 0.25) is 0 Å². The van der Waals surface area contributed by atoms with Crippen molar-refractivity contribution in [1.82, 2.24) is 4.58 Å². The molecule has 0 N–H and O–H groups in total. The van der Waals surface area contributed by atoms with Crippen molar-refractivity contribution >= 4 is 29.8 Å². The number of hydrogen-bond acceptors (Lipinski definition) is 1. The maximum absolute atomic E-state index is 2.33. The number of benzene rings is 2. The first-order valence-electron chi connectivity index (χ1n) is 6.70. The van der Waals surface area contributed by atoms with E-state index in [1.54, 1.807) is 0 Å². The van der Waals surface area contributed by atoms with Gasteiger partial charge in [-0.15, -0.1) is 0 Å². The molecule has 0 amide bonds. The Hall–Kier alpha value is -1.57. The average Bonchev–Trinajstić information content (AvgIpc) is 2.43. The van der Waals surface area contributed by atoms with E-state index < -0.39 is 0 Å². The van der Waals surface area contributed by atoms with Crippen molar-refractivity contribution in [3.8, 4) is 10.0 Å². The Morgan fingerprint density at radius 1 is 0.950 bits per heavy atom. The van der Waals surface area contributed by atoms with Gasteiger partial charge in [-0.1, -0.05) is 0 Å². The molecule has 0 saturated heterocycles. The van der Waals surface area contributed by atoms with Crippen molar-refractivity contribution in [1.29, 1.82) is 0 Å². The van der Waals surface area contributed by atoms with Crippen molar-refractivity contribution in [2.24, 2.45) is 0 Å². The molecule has 0 unspecified atom stereocenters. The SMILES string of the molecule is CN(C)c1ccc2cc3ccc(=[N+](C)C)cc-3[se]c2c1. The summed E-state index contributed by atoms with van der Waals surface area (Å²) < 4.78 is 5.13. The van der Waals surface area contributed by atoms with E-state index in [-0.39, 0.29) is 0 Å². The summed E-state index contributed by atoms with van der Waals surface area (Å²) in [5.74, 6) is 0. The molecule has 1 aliphatic heterocycles. The molecule has 0 spiro atoms. The number of rotatable bonds is 1. The zero-order valence-corrected chi connectivity index (χ0v) is 14.1. The van der Waals surface area contributed by atoms with Crippen molar-refractivity contribution in [3.05, 3.63) is 47.8 Å². The van der Waals surface area contributed by atoms with E-state index in [1.165, 1.54) is 30.7 Å². The van der Waals surface area contributed by atoms with Gasteiger partial charge in [0.05, 0.1) is 0 Å². The molecule has 0 bridgehead atoms. The Balaban J connectivity index is 2.31. The van der Waals surface area contributed by atoms with Gasteiger partial charge in [0, 0.05) is 0 Å². The minimum absolute atomic E-state index is 0.386. The molecule has 0 radical (unpaired) electrons. The molecule has 1 aliphatic carbocycles. The fourth-order valence-electron chi connectivity index (χ4n) is 2.30. The Kier molecular flexibility index (Phi) is 3.41. The first-order valence-corrected chi connectivity index (χ1v) is 8.41. The summed E-state index contributed by atoms with van der Waals surface area (Å²) in [4.78, 5) is 2.17. The molecule has 0 fully saturated rings. The molecule has 0 atom stereocenters. The van der Waals surface area contributed by atoms with Gasteiger partial charge < -0.3 is 0 Å². The van der Waals surface area contributed by atoms with Gasteiger partial charge in [-0.2, -0.15) is 0 Å². The first kappa shape index (κ1) is 13.4. The van der Waals surface area contributed by atoms with Crippen molar-refractivity contribution in [3.63, 3.8) is 0 Å². The second kappa shape index (κ2) is 5.08. The number of hydrogen-bond donors (Lipinski definition) is 0. The Labute approximate surface area is 125 Å². The Morgan fingerprint density at radius 2 is 1.75 bits per heavy atom. The third-order valence-electron chi connectivity index (χ3n) is 3.56. The third kappa shape index (κ3) is 2.39. The zero-order chi connectivity index (χ0) is 14.3. The van der Waals surface area contributed by atoms with Gasteiger partial charge in [-0.05, 0) is 0 Å². The Bertz CT molecular complexity index is 811. The molecule has 3 rings (SSSR count). The van der Waals surface area contributed by atoms with E-state index in [0.717, 1.165) is 0 Å². The van der Waals surface area contributed by atoms with Crippen LogP contribution in [0, 0.1) is 0 Å². The van der Waals surface area contributed by atoms with Crippen LogP contribution >= 0.6 is 0 Å². The van der Waals surface area contributed by atoms with Crippen LogP contribution in [0.3, 0.4) is 0 Å². The number of nitrogens with zero attached hydrogens (tertiary/aromatic N) is 2. The predicted octanol–water partition coefficient (Wildman–Crippen LogP) is 2.10. The van der Waals surface area contributed by atoms with E-state index >= 15 is 0 Å². The maximum atomic E-state index is 2.33. The van der Waals surface area contributed by atoms with Gasteiger partial charge in [-0.3, -0.25) is 0 Å². The topological polar surface area (TPSA) is 6.25 Å². The fourth-order valence-corrected chi connectivity index (χ4v) is 4.58. The average molecular weight is 330 g/mol. The fraction of sp³-hybridized carbons (Fsp3) is 0.235. The van der Waals surface area contributed by atoms with Gasteiger partial charge >= 0.3 is 125 Å². The molecule has 1 aromatic rings. The van der Waals surface area contributed by atoms with Crippen molar-refractivity contribution < 1.29 is 0 Å².